The van der Waals surface area contributed by atoms with Crippen LogP contribution in [0.2, 0.25) is 0 Å². The smallest absolute Gasteiger partial charge is 0.243 e. The molecule has 2 atom stereocenters. The number of aromatic nitrogens is 1. The van der Waals surface area contributed by atoms with Crippen molar-refractivity contribution in [1.82, 2.24) is 9.29 Å². The molecule has 0 saturated carbocycles. The third-order valence-electron chi connectivity index (χ3n) is 5.93. The molecular formula is C25H28N4O3S. The Labute approximate surface area is 195 Å². The molecular weight excluding hydrogens is 436 g/mol. The molecule has 1 saturated heterocycles. The van der Waals surface area contributed by atoms with Crippen LogP contribution in [-0.4, -0.2) is 37.8 Å². The summed E-state index contributed by atoms with van der Waals surface area (Å²) in [6.07, 6.45) is 1.15. The van der Waals surface area contributed by atoms with Crippen LogP contribution < -0.4 is 4.90 Å². The van der Waals surface area contributed by atoms with E-state index in [2.05, 4.69) is 29.8 Å². The second-order valence-corrected chi connectivity index (χ2v) is 11.0. The average Bonchev–Trinajstić information content (AvgIpc) is 3.24. The summed E-state index contributed by atoms with van der Waals surface area (Å²) in [5, 5.41) is 9.59. The Balaban J connectivity index is 1.56. The minimum atomic E-state index is -3.65. The molecule has 1 aliphatic rings. The minimum absolute atomic E-state index is 0.190. The van der Waals surface area contributed by atoms with E-state index in [-0.39, 0.29) is 17.1 Å². The number of hydrogen-bond acceptors (Lipinski definition) is 6. The lowest BCUT2D eigenvalue weighted by Gasteiger charge is -2.34. The predicted molar refractivity (Wildman–Crippen MR) is 127 cm³/mol. The third-order valence-corrected chi connectivity index (χ3v) is 7.75. The van der Waals surface area contributed by atoms with Crippen molar-refractivity contribution in [3.8, 4) is 17.5 Å². The van der Waals surface area contributed by atoms with E-state index >= 15 is 0 Å². The second kappa shape index (κ2) is 9.38. The summed E-state index contributed by atoms with van der Waals surface area (Å²) < 4.78 is 33.3. The molecule has 172 valence electrons. The van der Waals surface area contributed by atoms with Gasteiger partial charge in [0.2, 0.25) is 27.5 Å². The minimum Gasteiger partial charge on any atom is -0.419 e. The number of hydrogen-bond donors (Lipinski definition) is 0. The number of oxazole rings is 1. The van der Waals surface area contributed by atoms with Crippen LogP contribution in [0.25, 0.3) is 11.5 Å². The number of nitriles is 1. The largest absolute Gasteiger partial charge is 0.419 e. The second-order valence-electron chi connectivity index (χ2n) is 8.91. The van der Waals surface area contributed by atoms with Gasteiger partial charge < -0.3 is 9.32 Å². The van der Waals surface area contributed by atoms with Crippen molar-refractivity contribution in [3.63, 3.8) is 0 Å². The SMILES string of the molecule is CC1CC(C)CN(c2oc(-c3ccc(S(=O)(=O)N(C)Cc4ccccc4)cc3)nc2C#N)C1. The highest BCUT2D eigenvalue weighted by Crippen LogP contribution is 2.33. The summed E-state index contributed by atoms with van der Waals surface area (Å²) in [5.41, 5.74) is 1.80. The Morgan fingerprint density at radius 2 is 1.73 bits per heavy atom. The number of piperidine rings is 1. The van der Waals surface area contributed by atoms with Crippen molar-refractivity contribution in [3.05, 3.63) is 65.9 Å². The standard InChI is InChI=1S/C25H28N4O3S/c1-18-13-19(2)16-29(15-18)25-23(14-26)27-24(32-25)21-9-11-22(12-10-21)33(30,31)28(3)17-20-7-5-4-6-8-20/h4-12,18-19H,13,15-17H2,1-3H3. The van der Waals surface area contributed by atoms with Crippen molar-refractivity contribution >= 4 is 15.9 Å². The first-order chi connectivity index (χ1) is 15.8. The van der Waals surface area contributed by atoms with Gasteiger partial charge in [0.1, 0.15) is 6.07 Å². The lowest BCUT2D eigenvalue weighted by Crippen LogP contribution is -2.38. The fraction of sp³-hybridized carbons (Fsp3) is 0.360. The highest BCUT2D eigenvalue weighted by molar-refractivity contribution is 7.89. The number of anilines is 1. The van der Waals surface area contributed by atoms with Gasteiger partial charge in [0.15, 0.2) is 0 Å². The molecule has 1 fully saturated rings. The van der Waals surface area contributed by atoms with Crippen LogP contribution in [-0.2, 0) is 16.6 Å². The lowest BCUT2D eigenvalue weighted by atomic mass is 9.92. The molecule has 2 unspecified atom stereocenters. The zero-order chi connectivity index (χ0) is 23.6. The number of benzene rings is 2. The average molecular weight is 465 g/mol. The van der Waals surface area contributed by atoms with Crippen molar-refractivity contribution in [1.29, 1.82) is 5.26 Å². The van der Waals surface area contributed by atoms with E-state index < -0.39 is 10.0 Å². The molecule has 0 radical (unpaired) electrons. The normalized spacial score (nSPS) is 18.9. The van der Waals surface area contributed by atoms with Gasteiger partial charge in [0.05, 0.1) is 4.90 Å². The quantitative estimate of drug-likeness (QED) is 0.533. The van der Waals surface area contributed by atoms with Gasteiger partial charge in [-0.3, -0.25) is 0 Å². The van der Waals surface area contributed by atoms with E-state index in [0.29, 0.717) is 29.2 Å². The highest BCUT2D eigenvalue weighted by atomic mass is 32.2. The fourth-order valence-corrected chi connectivity index (χ4v) is 5.59. The van der Waals surface area contributed by atoms with Crippen LogP contribution in [0.3, 0.4) is 0 Å². The molecule has 3 aromatic rings. The Hall–Kier alpha value is -3.15. The van der Waals surface area contributed by atoms with E-state index in [1.165, 1.54) is 4.31 Å². The monoisotopic (exact) mass is 464 g/mol. The van der Waals surface area contributed by atoms with Crippen LogP contribution in [0.15, 0.2) is 63.9 Å². The van der Waals surface area contributed by atoms with Crippen molar-refractivity contribution < 1.29 is 12.8 Å². The van der Waals surface area contributed by atoms with Gasteiger partial charge in [-0.25, -0.2) is 8.42 Å². The van der Waals surface area contributed by atoms with Crippen LogP contribution >= 0.6 is 0 Å². The van der Waals surface area contributed by atoms with Gasteiger partial charge in [-0.1, -0.05) is 44.2 Å². The molecule has 0 bridgehead atoms. The molecule has 2 heterocycles. The molecule has 33 heavy (non-hydrogen) atoms. The Morgan fingerprint density at radius 1 is 1.09 bits per heavy atom. The van der Waals surface area contributed by atoms with E-state index in [9.17, 15) is 13.7 Å². The molecule has 1 aliphatic heterocycles. The number of rotatable bonds is 6. The molecule has 1 aromatic heterocycles. The molecule has 0 N–H and O–H groups in total. The summed E-state index contributed by atoms with van der Waals surface area (Å²) >= 11 is 0. The van der Waals surface area contributed by atoms with Gasteiger partial charge in [0, 0.05) is 32.2 Å². The molecule has 0 spiro atoms. The van der Waals surface area contributed by atoms with Gasteiger partial charge >= 0.3 is 0 Å². The zero-order valence-electron chi connectivity index (χ0n) is 19.1. The van der Waals surface area contributed by atoms with Crippen LogP contribution in [0, 0.1) is 23.2 Å². The van der Waals surface area contributed by atoms with Gasteiger partial charge in [-0.15, -0.1) is 0 Å². The maximum Gasteiger partial charge on any atom is 0.243 e. The van der Waals surface area contributed by atoms with E-state index in [4.69, 9.17) is 4.42 Å². The lowest BCUT2D eigenvalue weighted by molar-refractivity contribution is 0.344. The molecule has 4 rings (SSSR count). The van der Waals surface area contributed by atoms with Crippen molar-refractivity contribution in [2.75, 3.05) is 25.0 Å². The van der Waals surface area contributed by atoms with E-state index in [1.807, 2.05) is 30.3 Å². The van der Waals surface area contributed by atoms with Gasteiger partial charge in [0.25, 0.3) is 0 Å². The summed E-state index contributed by atoms with van der Waals surface area (Å²) in [4.78, 5) is 6.66. The fourth-order valence-electron chi connectivity index (χ4n) is 4.43. The number of sulfonamides is 1. The molecule has 2 aromatic carbocycles. The van der Waals surface area contributed by atoms with Crippen LogP contribution in [0.5, 0.6) is 0 Å². The molecule has 0 aliphatic carbocycles. The molecule has 0 amide bonds. The first kappa shape index (κ1) is 23.0. The third kappa shape index (κ3) is 4.95. The summed E-state index contributed by atoms with van der Waals surface area (Å²) in [6, 6.07) is 18.0. The van der Waals surface area contributed by atoms with Crippen LogP contribution in [0.1, 0.15) is 31.5 Å². The summed E-state index contributed by atoms with van der Waals surface area (Å²) in [6.45, 7) is 6.31. The Bertz CT molecular complexity index is 1240. The van der Waals surface area contributed by atoms with Gasteiger partial charge in [-0.2, -0.15) is 14.6 Å². The maximum atomic E-state index is 13.0. The number of nitrogens with zero attached hydrogens (tertiary/aromatic N) is 4. The first-order valence-corrected chi connectivity index (χ1v) is 12.5. The van der Waals surface area contributed by atoms with Crippen molar-refractivity contribution in [2.24, 2.45) is 11.8 Å². The topological polar surface area (TPSA) is 90.4 Å². The van der Waals surface area contributed by atoms with Crippen LogP contribution in [0.4, 0.5) is 5.88 Å². The Kier molecular flexibility index (Phi) is 6.54. The maximum absolute atomic E-state index is 13.0. The Morgan fingerprint density at radius 3 is 2.33 bits per heavy atom. The first-order valence-electron chi connectivity index (χ1n) is 11.0. The summed E-state index contributed by atoms with van der Waals surface area (Å²) in [7, 11) is -2.09. The molecule has 7 nitrogen and oxygen atoms in total. The van der Waals surface area contributed by atoms with E-state index in [1.54, 1.807) is 31.3 Å². The molecule has 8 heteroatoms. The van der Waals surface area contributed by atoms with E-state index in [0.717, 1.165) is 25.1 Å². The predicted octanol–water partition coefficient (Wildman–Crippen LogP) is 4.52. The zero-order valence-corrected chi connectivity index (χ0v) is 19.9. The van der Waals surface area contributed by atoms with Gasteiger partial charge in [-0.05, 0) is 48.1 Å². The highest BCUT2D eigenvalue weighted by Gasteiger charge is 2.28. The van der Waals surface area contributed by atoms with Crippen molar-refractivity contribution in [2.45, 2.75) is 31.7 Å². The summed E-state index contributed by atoms with van der Waals surface area (Å²) in [5.74, 6) is 1.82.